The van der Waals surface area contributed by atoms with Crippen molar-refractivity contribution in [3.8, 4) is 11.1 Å². The van der Waals surface area contributed by atoms with Crippen LogP contribution < -0.4 is 5.46 Å². The molecule has 0 amide bonds. The minimum Gasteiger partial charge on any atom is -0.399 e. The maximum atomic E-state index is 6.28. The first kappa shape index (κ1) is 18.4. The van der Waals surface area contributed by atoms with Crippen molar-refractivity contribution in [3.63, 3.8) is 0 Å². The van der Waals surface area contributed by atoms with Gasteiger partial charge in [-0.1, -0.05) is 72.8 Å². The highest BCUT2D eigenvalue weighted by molar-refractivity contribution is 6.62. The molecule has 0 unspecified atom stereocenters. The molecule has 29 heavy (non-hydrogen) atoms. The molecule has 1 saturated heterocycles. The molecular weight excluding hydrogens is 355 g/mol. The molecule has 1 heterocycles. The third-order valence-corrected chi connectivity index (χ3v) is 6.49. The lowest BCUT2D eigenvalue weighted by atomic mass is 9.77. The number of fused-ring (bicyclic) bond motifs is 2. The average molecular weight is 380 g/mol. The van der Waals surface area contributed by atoms with Crippen LogP contribution in [-0.2, 0) is 9.31 Å². The molecule has 0 radical (unpaired) electrons. The van der Waals surface area contributed by atoms with Gasteiger partial charge < -0.3 is 9.31 Å². The smallest absolute Gasteiger partial charge is 0.399 e. The molecule has 2 nitrogen and oxygen atoms in total. The fourth-order valence-electron chi connectivity index (χ4n) is 4.02. The van der Waals surface area contributed by atoms with Crippen LogP contribution in [0.1, 0.15) is 27.7 Å². The van der Waals surface area contributed by atoms with Crippen LogP contribution in [0.15, 0.2) is 78.9 Å². The molecule has 0 aliphatic carbocycles. The molecule has 1 aliphatic rings. The SMILES string of the molecule is CC1(C)OB(c2ccc3cccc(-c4ccc5ccccc5c4)c3c2)OC1(C)C. The molecule has 0 bridgehead atoms. The quantitative estimate of drug-likeness (QED) is 0.400. The standard InChI is InChI=1S/C26H25BO2/c1-25(2)26(3,4)29-27(28-25)22-15-14-19-10-7-11-23(24(19)17-22)21-13-12-18-8-5-6-9-20(18)16-21/h5-17H,1-4H3. The summed E-state index contributed by atoms with van der Waals surface area (Å²) in [4.78, 5) is 0. The highest BCUT2D eigenvalue weighted by atomic mass is 16.7. The highest BCUT2D eigenvalue weighted by Crippen LogP contribution is 2.37. The van der Waals surface area contributed by atoms with Gasteiger partial charge >= 0.3 is 7.12 Å². The molecule has 5 rings (SSSR count). The zero-order valence-electron chi connectivity index (χ0n) is 17.4. The summed E-state index contributed by atoms with van der Waals surface area (Å²) in [6, 6.07) is 28.2. The lowest BCUT2D eigenvalue weighted by Gasteiger charge is -2.32. The fraction of sp³-hybridized carbons (Fsp3) is 0.231. The van der Waals surface area contributed by atoms with Gasteiger partial charge in [0.2, 0.25) is 0 Å². The van der Waals surface area contributed by atoms with E-state index in [0.29, 0.717) is 0 Å². The van der Waals surface area contributed by atoms with E-state index in [-0.39, 0.29) is 18.3 Å². The Labute approximate surface area is 172 Å². The second-order valence-electron chi connectivity index (χ2n) is 8.94. The topological polar surface area (TPSA) is 18.5 Å². The minimum atomic E-state index is -0.353. The summed E-state index contributed by atoms with van der Waals surface area (Å²) in [6.07, 6.45) is 0. The van der Waals surface area contributed by atoms with Crippen molar-refractivity contribution in [1.82, 2.24) is 0 Å². The zero-order chi connectivity index (χ0) is 20.2. The Bertz CT molecular complexity index is 1210. The van der Waals surface area contributed by atoms with Crippen LogP contribution in [0.2, 0.25) is 0 Å². The maximum Gasteiger partial charge on any atom is 0.494 e. The van der Waals surface area contributed by atoms with Gasteiger partial charge in [0, 0.05) is 0 Å². The van der Waals surface area contributed by atoms with E-state index in [2.05, 4.69) is 107 Å². The zero-order valence-corrected chi connectivity index (χ0v) is 17.4. The van der Waals surface area contributed by atoms with E-state index in [1.54, 1.807) is 0 Å². The number of rotatable bonds is 2. The summed E-state index contributed by atoms with van der Waals surface area (Å²) in [5.41, 5.74) is 2.82. The first-order valence-electron chi connectivity index (χ1n) is 10.2. The summed E-state index contributed by atoms with van der Waals surface area (Å²) in [6.45, 7) is 8.37. The van der Waals surface area contributed by atoms with Crippen LogP contribution in [-0.4, -0.2) is 18.3 Å². The second-order valence-corrected chi connectivity index (χ2v) is 8.94. The molecular formula is C26H25BO2. The van der Waals surface area contributed by atoms with Gasteiger partial charge in [0.1, 0.15) is 0 Å². The van der Waals surface area contributed by atoms with Crippen molar-refractivity contribution in [2.45, 2.75) is 38.9 Å². The lowest BCUT2D eigenvalue weighted by molar-refractivity contribution is 0.00578. The third-order valence-electron chi connectivity index (χ3n) is 6.49. The van der Waals surface area contributed by atoms with Gasteiger partial charge in [0.05, 0.1) is 11.2 Å². The molecule has 0 saturated carbocycles. The van der Waals surface area contributed by atoms with Crippen molar-refractivity contribution in [2.75, 3.05) is 0 Å². The molecule has 144 valence electrons. The molecule has 3 heteroatoms. The summed E-state index contributed by atoms with van der Waals surface area (Å²) in [5.74, 6) is 0. The lowest BCUT2D eigenvalue weighted by Crippen LogP contribution is -2.41. The summed E-state index contributed by atoms with van der Waals surface area (Å²) in [7, 11) is -0.353. The van der Waals surface area contributed by atoms with E-state index in [9.17, 15) is 0 Å². The molecule has 0 spiro atoms. The largest absolute Gasteiger partial charge is 0.494 e. The van der Waals surface area contributed by atoms with Crippen LogP contribution in [0.3, 0.4) is 0 Å². The molecule has 1 aliphatic heterocycles. The molecule has 0 N–H and O–H groups in total. The van der Waals surface area contributed by atoms with Gasteiger partial charge in [-0.3, -0.25) is 0 Å². The van der Waals surface area contributed by atoms with Crippen molar-refractivity contribution in [2.24, 2.45) is 0 Å². The van der Waals surface area contributed by atoms with Gasteiger partial charge in [-0.2, -0.15) is 0 Å². The van der Waals surface area contributed by atoms with Crippen LogP contribution in [0, 0.1) is 0 Å². The first-order chi connectivity index (χ1) is 13.8. The Balaban J connectivity index is 1.63. The van der Waals surface area contributed by atoms with Crippen molar-refractivity contribution < 1.29 is 9.31 Å². The molecule has 4 aromatic rings. The van der Waals surface area contributed by atoms with E-state index >= 15 is 0 Å². The molecule has 1 fully saturated rings. The van der Waals surface area contributed by atoms with E-state index in [0.717, 1.165) is 5.46 Å². The fourth-order valence-corrected chi connectivity index (χ4v) is 4.02. The third kappa shape index (κ3) is 3.06. The Morgan fingerprint density at radius 1 is 0.621 bits per heavy atom. The Hall–Kier alpha value is -2.62. The van der Waals surface area contributed by atoms with Crippen LogP contribution >= 0.6 is 0 Å². The van der Waals surface area contributed by atoms with E-state index < -0.39 is 0 Å². The molecule has 4 aromatic carbocycles. The number of hydrogen-bond donors (Lipinski definition) is 0. The van der Waals surface area contributed by atoms with Crippen LogP contribution in [0.5, 0.6) is 0 Å². The Kier molecular flexibility index (Phi) is 4.09. The number of benzene rings is 4. The predicted octanol–water partition coefficient (Wildman–Crippen LogP) is 5.96. The Morgan fingerprint density at radius 2 is 1.28 bits per heavy atom. The van der Waals surface area contributed by atoms with Crippen LogP contribution in [0.4, 0.5) is 0 Å². The predicted molar refractivity (Wildman–Crippen MR) is 123 cm³/mol. The Morgan fingerprint density at radius 3 is 2.03 bits per heavy atom. The summed E-state index contributed by atoms with van der Waals surface area (Å²) >= 11 is 0. The van der Waals surface area contributed by atoms with Crippen LogP contribution in [0.25, 0.3) is 32.7 Å². The summed E-state index contributed by atoms with van der Waals surface area (Å²) in [5, 5.41) is 4.95. The average Bonchev–Trinajstić information content (AvgIpc) is 2.94. The van der Waals surface area contributed by atoms with Crippen molar-refractivity contribution in [3.05, 3.63) is 78.9 Å². The number of hydrogen-bond acceptors (Lipinski definition) is 2. The maximum absolute atomic E-state index is 6.28. The molecule has 0 atom stereocenters. The van der Waals surface area contributed by atoms with Crippen molar-refractivity contribution in [1.29, 1.82) is 0 Å². The minimum absolute atomic E-state index is 0.343. The van der Waals surface area contributed by atoms with E-state index in [4.69, 9.17) is 9.31 Å². The van der Waals surface area contributed by atoms with Gasteiger partial charge in [-0.15, -0.1) is 0 Å². The van der Waals surface area contributed by atoms with Crippen molar-refractivity contribution >= 4 is 34.1 Å². The highest BCUT2D eigenvalue weighted by Gasteiger charge is 2.51. The monoisotopic (exact) mass is 380 g/mol. The van der Waals surface area contributed by atoms with E-state index in [1.165, 1.54) is 32.7 Å². The molecule has 0 aromatic heterocycles. The second kappa shape index (κ2) is 6.45. The van der Waals surface area contributed by atoms with Gasteiger partial charge in [0.25, 0.3) is 0 Å². The first-order valence-corrected chi connectivity index (χ1v) is 10.2. The van der Waals surface area contributed by atoms with E-state index in [1.807, 2.05) is 0 Å². The van der Waals surface area contributed by atoms with Gasteiger partial charge in [-0.05, 0) is 71.9 Å². The van der Waals surface area contributed by atoms with Gasteiger partial charge in [-0.25, -0.2) is 0 Å². The normalized spacial score (nSPS) is 17.9. The van der Waals surface area contributed by atoms with Gasteiger partial charge in [0.15, 0.2) is 0 Å². The summed E-state index contributed by atoms with van der Waals surface area (Å²) < 4.78 is 12.6.